The summed E-state index contributed by atoms with van der Waals surface area (Å²) in [6, 6.07) is 11.6. The van der Waals surface area contributed by atoms with Crippen LogP contribution < -0.4 is 15.4 Å². The zero-order valence-corrected chi connectivity index (χ0v) is 15.6. The molecule has 0 unspecified atom stereocenters. The molecule has 3 rings (SSSR count). The molecule has 3 aromatic rings. The van der Waals surface area contributed by atoms with Crippen molar-refractivity contribution in [1.29, 1.82) is 0 Å². The summed E-state index contributed by atoms with van der Waals surface area (Å²) in [4.78, 5) is 18.5. The lowest BCUT2D eigenvalue weighted by molar-refractivity contribution is -0.383. The first-order valence-electron chi connectivity index (χ1n) is 8.59. The predicted molar refractivity (Wildman–Crippen MR) is 104 cm³/mol. The zero-order valence-electron chi connectivity index (χ0n) is 15.6. The number of ether oxygens (including phenoxy) is 1. The lowest BCUT2D eigenvalue weighted by Crippen LogP contribution is -2.11. The van der Waals surface area contributed by atoms with Crippen molar-refractivity contribution < 1.29 is 22.8 Å². The van der Waals surface area contributed by atoms with Gasteiger partial charge in [0.25, 0.3) is 0 Å². The standard InChI is InChI=1S/C19H16F3N5O3/c1-30-13-8-6-12(7-9-13)10-23-17-16(27(28)29)18(25-11-24-17)26-15-5-3-2-4-14(15)19(20,21)22/h2-9,11H,10H2,1H3,(H2,23,24,25,26). The first-order valence-corrected chi connectivity index (χ1v) is 8.59. The maximum atomic E-state index is 13.2. The Morgan fingerprint density at radius 2 is 1.73 bits per heavy atom. The Morgan fingerprint density at radius 3 is 2.37 bits per heavy atom. The number of methoxy groups -OCH3 is 1. The molecule has 2 N–H and O–H groups in total. The zero-order chi connectivity index (χ0) is 21.7. The lowest BCUT2D eigenvalue weighted by atomic mass is 10.1. The summed E-state index contributed by atoms with van der Waals surface area (Å²) < 4.78 is 44.7. The second kappa shape index (κ2) is 8.64. The normalized spacial score (nSPS) is 11.1. The number of hydrogen-bond donors (Lipinski definition) is 2. The first-order chi connectivity index (χ1) is 14.3. The van der Waals surface area contributed by atoms with Gasteiger partial charge in [-0.15, -0.1) is 0 Å². The minimum Gasteiger partial charge on any atom is -0.497 e. The number of halogens is 3. The quantitative estimate of drug-likeness (QED) is 0.420. The highest BCUT2D eigenvalue weighted by Gasteiger charge is 2.34. The fourth-order valence-electron chi connectivity index (χ4n) is 2.67. The van der Waals surface area contributed by atoms with E-state index in [0.29, 0.717) is 5.75 Å². The number of nitrogens with zero attached hydrogens (tertiary/aromatic N) is 3. The van der Waals surface area contributed by atoms with E-state index in [0.717, 1.165) is 18.0 Å². The van der Waals surface area contributed by atoms with E-state index >= 15 is 0 Å². The van der Waals surface area contributed by atoms with Crippen molar-refractivity contribution in [1.82, 2.24) is 9.97 Å². The van der Waals surface area contributed by atoms with Gasteiger partial charge in [-0.3, -0.25) is 10.1 Å². The van der Waals surface area contributed by atoms with E-state index in [2.05, 4.69) is 20.6 Å². The van der Waals surface area contributed by atoms with Crippen molar-refractivity contribution in [2.75, 3.05) is 17.7 Å². The van der Waals surface area contributed by atoms with E-state index in [1.54, 1.807) is 24.3 Å². The molecule has 11 heteroatoms. The highest BCUT2D eigenvalue weighted by atomic mass is 19.4. The summed E-state index contributed by atoms with van der Waals surface area (Å²) >= 11 is 0. The highest BCUT2D eigenvalue weighted by molar-refractivity contribution is 5.75. The predicted octanol–water partition coefficient (Wildman–Crippen LogP) is 4.77. The molecule has 0 saturated carbocycles. The van der Waals surface area contributed by atoms with Gasteiger partial charge in [0.05, 0.1) is 23.3 Å². The molecule has 0 spiro atoms. The van der Waals surface area contributed by atoms with E-state index in [1.165, 1.54) is 25.3 Å². The van der Waals surface area contributed by atoms with Crippen LogP contribution in [-0.2, 0) is 12.7 Å². The Kier molecular flexibility index (Phi) is 6.00. The van der Waals surface area contributed by atoms with Crippen LogP contribution in [0.4, 0.5) is 36.2 Å². The van der Waals surface area contributed by atoms with Gasteiger partial charge in [0.1, 0.15) is 12.1 Å². The molecule has 0 fully saturated rings. The van der Waals surface area contributed by atoms with E-state index in [4.69, 9.17) is 4.74 Å². The van der Waals surface area contributed by atoms with Crippen molar-refractivity contribution in [2.45, 2.75) is 12.7 Å². The molecule has 8 nitrogen and oxygen atoms in total. The van der Waals surface area contributed by atoms with Crippen molar-refractivity contribution in [3.63, 3.8) is 0 Å². The van der Waals surface area contributed by atoms with Crippen molar-refractivity contribution in [3.8, 4) is 5.75 Å². The summed E-state index contributed by atoms with van der Waals surface area (Å²) in [5, 5.41) is 16.9. The van der Waals surface area contributed by atoms with E-state index < -0.39 is 22.4 Å². The number of benzene rings is 2. The van der Waals surface area contributed by atoms with Gasteiger partial charge in [0.15, 0.2) is 0 Å². The van der Waals surface area contributed by atoms with Crippen LogP contribution in [0, 0.1) is 10.1 Å². The smallest absolute Gasteiger partial charge is 0.418 e. The van der Waals surface area contributed by atoms with Gasteiger partial charge in [-0.1, -0.05) is 24.3 Å². The van der Waals surface area contributed by atoms with Crippen LogP contribution >= 0.6 is 0 Å². The monoisotopic (exact) mass is 419 g/mol. The second-order valence-corrected chi connectivity index (χ2v) is 6.05. The number of nitrogens with one attached hydrogen (secondary N) is 2. The maximum Gasteiger partial charge on any atom is 0.418 e. The van der Waals surface area contributed by atoms with Gasteiger partial charge in [-0.05, 0) is 29.8 Å². The number of nitro groups is 1. The molecule has 0 radical (unpaired) electrons. The molecule has 0 atom stereocenters. The number of hydrogen-bond acceptors (Lipinski definition) is 7. The second-order valence-electron chi connectivity index (χ2n) is 6.05. The molecule has 30 heavy (non-hydrogen) atoms. The van der Waals surface area contributed by atoms with E-state index in [1.807, 2.05) is 0 Å². The molecule has 0 aliphatic carbocycles. The molecular formula is C19H16F3N5O3. The highest BCUT2D eigenvalue weighted by Crippen LogP contribution is 2.38. The lowest BCUT2D eigenvalue weighted by Gasteiger charge is -2.14. The van der Waals surface area contributed by atoms with Crippen molar-refractivity contribution >= 4 is 23.0 Å². The summed E-state index contributed by atoms with van der Waals surface area (Å²) in [5.41, 5.74) is -1.10. The van der Waals surface area contributed by atoms with Gasteiger partial charge in [-0.2, -0.15) is 13.2 Å². The molecule has 0 aliphatic rings. The molecule has 0 amide bonds. The Balaban J connectivity index is 1.89. The van der Waals surface area contributed by atoms with Crippen LogP contribution in [0.25, 0.3) is 0 Å². The van der Waals surface area contributed by atoms with Gasteiger partial charge >= 0.3 is 11.9 Å². The molecular weight excluding hydrogens is 403 g/mol. The van der Waals surface area contributed by atoms with Gasteiger partial charge in [0.2, 0.25) is 11.6 Å². The number of aromatic nitrogens is 2. The van der Waals surface area contributed by atoms with Gasteiger partial charge in [-0.25, -0.2) is 9.97 Å². The maximum absolute atomic E-state index is 13.2. The minimum atomic E-state index is -4.64. The first kappa shape index (κ1) is 20.8. The van der Waals surface area contributed by atoms with Crippen LogP contribution in [0.5, 0.6) is 5.75 Å². The SMILES string of the molecule is COc1ccc(CNc2ncnc(Nc3ccccc3C(F)(F)F)c2[N+](=O)[O-])cc1. The average Bonchev–Trinajstić information content (AvgIpc) is 2.72. The Morgan fingerprint density at radius 1 is 1.07 bits per heavy atom. The molecule has 0 saturated heterocycles. The van der Waals surface area contributed by atoms with Gasteiger partial charge in [0, 0.05) is 6.54 Å². The van der Waals surface area contributed by atoms with Crippen molar-refractivity contribution in [2.24, 2.45) is 0 Å². The van der Waals surface area contributed by atoms with Crippen LogP contribution in [0.3, 0.4) is 0 Å². The average molecular weight is 419 g/mol. The molecule has 1 aromatic heterocycles. The largest absolute Gasteiger partial charge is 0.497 e. The van der Waals surface area contributed by atoms with E-state index in [9.17, 15) is 23.3 Å². The third-order valence-electron chi connectivity index (χ3n) is 4.11. The van der Waals surface area contributed by atoms with Crippen LogP contribution in [-0.4, -0.2) is 22.0 Å². The summed E-state index contributed by atoms with van der Waals surface area (Å²) in [6.07, 6.45) is -3.61. The fraction of sp³-hybridized carbons (Fsp3) is 0.158. The van der Waals surface area contributed by atoms with Crippen LogP contribution in [0.15, 0.2) is 54.9 Å². The molecule has 0 bridgehead atoms. The summed E-state index contributed by atoms with van der Waals surface area (Å²) in [6.45, 7) is 0.195. The topological polar surface area (TPSA) is 102 Å². The fourth-order valence-corrected chi connectivity index (χ4v) is 2.67. The molecule has 0 aliphatic heterocycles. The van der Waals surface area contributed by atoms with Crippen molar-refractivity contribution in [3.05, 3.63) is 76.1 Å². The number of anilines is 3. The Hall–Kier alpha value is -3.89. The van der Waals surface area contributed by atoms with Crippen LogP contribution in [0.1, 0.15) is 11.1 Å². The summed E-state index contributed by atoms with van der Waals surface area (Å²) in [7, 11) is 1.53. The minimum absolute atomic E-state index is 0.127. The molecule has 1 heterocycles. The van der Waals surface area contributed by atoms with E-state index in [-0.39, 0.29) is 23.9 Å². The summed E-state index contributed by atoms with van der Waals surface area (Å²) in [5.74, 6) is 0.170. The van der Waals surface area contributed by atoms with Gasteiger partial charge < -0.3 is 15.4 Å². The molecule has 2 aromatic carbocycles. The number of alkyl halides is 3. The molecule has 156 valence electrons. The number of rotatable bonds is 7. The third kappa shape index (κ3) is 4.74. The van der Waals surface area contributed by atoms with Crippen LogP contribution in [0.2, 0.25) is 0 Å². The Labute approximate surface area is 168 Å². The number of para-hydroxylation sites is 1. The third-order valence-corrected chi connectivity index (χ3v) is 4.11. The Bertz CT molecular complexity index is 1040.